The molecular weight excluding hydrogens is 298 g/mol. The van der Waals surface area contributed by atoms with Gasteiger partial charge in [-0.1, -0.05) is 23.2 Å². The summed E-state index contributed by atoms with van der Waals surface area (Å²) < 4.78 is 13.2. The molecule has 0 saturated carbocycles. The van der Waals surface area contributed by atoms with Crippen molar-refractivity contribution < 1.29 is 9.18 Å². The van der Waals surface area contributed by atoms with Crippen molar-refractivity contribution >= 4 is 46.6 Å². The fraction of sp³-hybridized carbons (Fsp3) is 0.364. The van der Waals surface area contributed by atoms with E-state index in [-0.39, 0.29) is 16.0 Å². The van der Waals surface area contributed by atoms with Crippen molar-refractivity contribution in [2.45, 2.75) is 12.5 Å². The highest BCUT2D eigenvalue weighted by atomic mass is 35.5. The van der Waals surface area contributed by atoms with E-state index in [1.165, 1.54) is 12.1 Å². The van der Waals surface area contributed by atoms with Crippen LogP contribution in [0.2, 0.25) is 10.0 Å². The van der Waals surface area contributed by atoms with Crippen LogP contribution < -0.4 is 11.1 Å². The Kier molecular flexibility index (Phi) is 6.21. The first-order valence-electron chi connectivity index (χ1n) is 5.15. The molecule has 0 fully saturated rings. The van der Waals surface area contributed by atoms with Gasteiger partial charge in [0.25, 0.3) is 0 Å². The lowest BCUT2D eigenvalue weighted by Gasteiger charge is -2.12. The third kappa shape index (κ3) is 4.31. The zero-order valence-corrected chi connectivity index (χ0v) is 12.0. The average Bonchev–Trinajstić information content (AvgIpc) is 2.32. The molecule has 0 spiro atoms. The Morgan fingerprint density at radius 1 is 1.50 bits per heavy atom. The first kappa shape index (κ1) is 15.6. The molecule has 1 amide bonds. The van der Waals surface area contributed by atoms with Crippen LogP contribution >= 0.6 is 35.0 Å². The normalized spacial score (nSPS) is 12.3. The number of halogens is 3. The summed E-state index contributed by atoms with van der Waals surface area (Å²) in [6.45, 7) is 0. The molecule has 3 nitrogen and oxygen atoms in total. The number of carbonyl (C=O) groups excluding carboxylic acids is 1. The Bertz CT molecular complexity index is 422. The van der Waals surface area contributed by atoms with E-state index in [0.717, 1.165) is 5.75 Å². The summed E-state index contributed by atoms with van der Waals surface area (Å²) in [6.07, 6.45) is 2.50. The second kappa shape index (κ2) is 7.19. The summed E-state index contributed by atoms with van der Waals surface area (Å²) in [7, 11) is 0. The van der Waals surface area contributed by atoms with Gasteiger partial charge in [-0.25, -0.2) is 4.39 Å². The summed E-state index contributed by atoms with van der Waals surface area (Å²) in [5.74, 6) is -0.259. The van der Waals surface area contributed by atoms with E-state index in [1.54, 1.807) is 11.8 Å². The molecule has 0 aliphatic carbocycles. The molecule has 7 heteroatoms. The minimum absolute atomic E-state index is 0.143. The summed E-state index contributed by atoms with van der Waals surface area (Å²) in [6, 6.07) is 1.98. The lowest BCUT2D eigenvalue weighted by molar-refractivity contribution is -0.117. The first-order valence-corrected chi connectivity index (χ1v) is 7.30. The zero-order valence-electron chi connectivity index (χ0n) is 9.67. The number of nitrogens with one attached hydrogen (secondary N) is 1. The molecule has 0 bridgehead atoms. The number of benzene rings is 1. The van der Waals surface area contributed by atoms with Crippen LogP contribution in [0, 0.1) is 5.82 Å². The van der Waals surface area contributed by atoms with Crippen molar-refractivity contribution in [3.05, 3.63) is 28.0 Å². The molecule has 3 N–H and O–H groups in total. The molecular formula is C11H13Cl2FN2OS. The Labute approximate surface area is 119 Å². The topological polar surface area (TPSA) is 55.1 Å². The predicted octanol–water partition coefficient (Wildman–Crippen LogP) is 3.15. The maximum absolute atomic E-state index is 13.2. The quantitative estimate of drug-likeness (QED) is 0.821. The molecule has 0 heterocycles. The molecule has 1 atom stereocenters. The highest BCUT2D eigenvalue weighted by Gasteiger charge is 2.15. The fourth-order valence-corrected chi connectivity index (χ4v) is 2.22. The van der Waals surface area contributed by atoms with Crippen LogP contribution in [-0.2, 0) is 4.79 Å². The molecule has 100 valence electrons. The van der Waals surface area contributed by atoms with Crippen LogP contribution in [0.4, 0.5) is 10.1 Å². The molecule has 0 saturated heterocycles. The smallest absolute Gasteiger partial charge is 0.241 e. The lowest BCUT2D eigenvalue weighted by atomic mass is 10.2. The third-order valence-electron chi connectivity index (χ3n) is 2.22. The number of hydrogen-bond donors (Lipinski definition) is 2. The number of rotatable bonds is 5. The van der Waals surface area contributed by atoms with Gasteiger partial charge in [-0.15, -0.1) is 0 Å². The van der Waals surface area contributed by atoms with Gasteiger partial charge in [0.2, 0.25) is 5.91 Å². The van der Waals surface area contributed by atoms with Gasteiger partial charge in [-0.05, 0) is 30.6 Å². The van der Waals surface area contributed by atoms with Gasteiger partial charge in [0.1, 0.15) is 0 Å². The number of amides is 1. The summed E-state index contributed by atoms with van der Waals surface area (Å²) in [4.78, 5) is 11.7. The van der Waals surface area contributed by atoms with E-state index in [1.807, 2.05) is 6.26 Å². The van der Waals surface area contributed by atoms with Gasteiger partial charge in [0.05, 0.1) is 16.1 Å². The highest BCUT2D eigenvalue weighted by molar-refractivity contribution is 7.98. The summed E-state index contributed by atoms with van der Waals surface area (Å²) in [5.41, 5.74) is 6.02. The Balaban J connectivity index is 2.70. The molecule has 0 aliphatic heterocycles. The second-order valence-corrected chi connectivity index (χ2v) is 5.43. The van der Waals surface area contributed by atoms with Crippen LogP contribution in [0.3, 0.4) is 0 Å². The standard InChI is InChI=1S/C11H13Cl2FN2OS/c1-18-3-2-9(15)11(17)16-6-4-7(12)10(14)8(13)5-6/h4-5,9H,2-3,15H2,1H3,(H,16,17)/t9-/m1/s1. The Morgan fingerprint density at radius 2 is 2.06 bits per heavy atom. The molecule has 1 aromatic carbocycles. The largest absolute Gasteiger partial charge is 0.325 e. The van der Waals surface area contributed by atoms with Gasteiger partial charge in [-0.2, -0.15) is 11.8 Å². The highest BCUT2D eigenvalue weighted by Crippen LogP contribution is 2.27. The predicted molar refractivity (Wildman–Crippen MR) is 76.0 cm³/mol. The van der Waals surface area contributed by atoms with E-state index < -0.39 is 11.9 Å². The zero-order chi connectivity index (χ0) is 13.7. The van der Waals surface area contributed by atoms with E-state index in [2.05, 4.69) is 5.32 Å². The molecule has 0 aromatic heterocycles. The van der Waals surface area contributed by atoms with Crippen LogP contribution in [-0.4, -0.2) is 24.0 Å². The fourth-order valence-electron chi connectivity index (χ4n) is 1.24. The SMILES string of the molecule is CSCC[C@@H](N)C(=O)Nc1cc(Cl)c(F)c(Cl)c1. The van der Waals surface area contributed by atoms with E-state index in [4.69, 9.17) is 28.9 Å². The van der Waals surface area contributed by atoms with E-state index in [9.17, 15) is 9.18 Å². The molecule has 1 rings (SSSR count). The van der Waals surface area contributed by atoms with Crippen molar-refractivity contribution in [1.29, 1.82) is 0 Å². The number of anilines is 1. The van der Waals surface area contributed by atoms with Crippen molar-refractivity contribution in [2.24, 2.45) is 5.73 Å². The number of carbonyl (C=O) groups is 1. The van der Waals surface area contributed by atoms with Gasteiger partial charge in [0, 0.05) is 5.69 Å². The van der Waals surface area contributed by atoms with Crippen LogP contribution in [0.15, 0.2) is 12.1 Å². The molecule has 0 aliphatic rings. The van der Waals surface area contributed by atoms with Crippen molar-refractivity contribution in [3.63, 3.8) is 0 Å². The van der Waals surface area contributed by atoms with Crippen molar-refractivity contribution in [3.8, 4) is 0 Å². The minimum atomic E-state index is -0.706. The minimum Gasteiger partial charge on any atom is -0.325 e. The Morgan fingerprint density at radius 3 is 2.56 bits per heavy atom. The van der Waals surface area contributed by atoms with Gasteiger partial charge < -0.3 is 11.1 Å². The number of nitrogens with two attached hydrogens (primary N) is 1. The van der Waals surface area contributed by atoms with Crippen LogP contribution in [0.1, 0.15) is 6.42 Å². The van der Waals surface area contributed by atoms with E-state index >= 15 is 0 Å². The molecule has 0 radical (unpaired) electrons. The summed E-state index contributed by atoms with van der Waals surface area (Å²) >= 11 is 12.8. The van der Waals surface area contributed by atoms with Crippen molar-refractivity contribution in [1.82, 2.24) is 0 Å². The van der Waals surface area contributed by atoms with Gasteiger partial charge in [-0.3, -0.25) is 4.79 Å². The van der Waals surface area contributed by atoms with Gasteiger partial charge in [0.15, 0.2) is 5.82 Å². The number of thioether (sulfide) groups is 1. The Hall–Kier alpha value is -0.490. The van der Waals surface area contributed by atoms with Crippen molar-refractivity contribution in [2.75, 3.05) is 17.3 Å². The first-order chi connectivity index (χ1) is 8.45. The summed E-state index contributed by atoms with van der Waals surface area (Å²) in [5, 5.41) is 2.26. The third-order valence-corrected chi connectivity index (χ3v) is 3.42. The molecule has 1 aromatic rings. The second-order valence-electron chi connectivity index (χ2n) is 3.63. The van der Waals surface area contributed by atoms with Gasteiger partial charge >= 0.3 is 0 Å². The van der Waals surface area contributed by atoms with E-state index in [0.29, 0.717) is 12.1 Å². The molecule has 18 heavy (non-hydrogen) atoms. The number of hydrogen-bond acceptors (Lipinski definition) is 3. The van der Waals surface area contributed by atoms with Crippen LogP contribution in [0.5, 0.6) is 0 Å². The van der Waals surface area contributed by atoms with Crippen LogP contribution in [0.25, 0.3) is 0 Å². The molecule has 0 unspecified atom stereocenters. The monoisotopic (exact) mass is 310 g/mol. The maximum Gasteiger partial charge on any atom is 0.241 e. The average molecular weight is 311 g/mol. The maximum atomic E-state index is 13.2. The lowest BCUT2D eigenvalue weighted by Crippen LogP contribution is -2.36.